The number of aromatic nitrogens is 3. The summed E-state index contributed by atoms with van der Waals surface area (Å²) in [6.45, 7) is 4.37. The molecule has 0 saturated heterocycles. The Hall–Kier alpha value is -2.02. The van der Waals surface area contributed by atoms with Crippen LogP contribution in [0.2, 0.25) is 0 Å². The summed E-state index contributed by atoms with van der Waals surface area (Å²) in [5, 5.41) is 1.09. The predicted molar refractivity (Wildman–Crippen MR) is 89.1 cm³/mol. The molecule has 2 aromatic heterocycles. The Morgan fingerprint density at radius 1 is 1.43 bits per heavy atom. The van der Waals surface area contributed by atoms with Crippen LogP contribution in [0.15, 0.2) is 10.9 Å². The molecule has 0 spiro atoms. The first-order chi connectivity index (χ1) is 10.9. The number of hydrogen-bond acceptors (Lipinski definition) is 5. The SMILES string of the molecule is Cc1cc(C(=O)N(C)C[C@@H]2CCCc3sc(C)nc32)nc(=O)[nH]1. The number of thiazole rings is 1. The highest BCUT2D eigenvalue weighted by molar-refractivity contribution is 7.11. The Balaban J connectivity index is 1.78. The van der Waals surface area contributed by atoms with Gasteiger partial charge >= 0.3 is 5.69 Å². The first kappa shape index (κ1) is 15.9. The highest BCUT2D eigenvalue weighted by Crippen LogP contribution is 2.35. The number of H-pyrrole nitrogens is 1. The van der Waals surface area contributed by atoms with Gasteiger partial charge in [-0.3, -0.25) is 4.79 Å². The maximum absolute atomic E-state index is 12.5. The highest BCUT2D eigenvalue weighted by atomic mass is 32.1. The average Bonchev–Trinajstić information content (AvgIpc) is 2.86. The van der Waals surface area contributed by atoms with Gasteiger partial charge in [-0.2, -0.15) is 4.98 Å². The van der Waals surface area contributed by atoms with Crippen LogP contribution >= 0.6 is 11.3 Å². The van der Waals surface area contributed by atoms with Gasteiger partial charge in [-0.05, 0) is 39.2 Å². The molecule has 0 aromatic carbocycles. The third-order valence-corrected chi connectivity index (χ3v) is 5.16. The predicted octanol–water partition coefficient (Wildman–Crippen LogP) is 2.04. The van der Waals surface area contributed by atoms with E-state index in [1.807, 2.05) is 6.92 Å². The zero-order chi connectivity index (χ0) is 16.6. The van der Waals surface area contributed by atoms with Gasteiger partial charge in [0, 0.05) is 30.1 Å². The molecule has 122 valence electrons. The minimum Gasteiger partial charge on any atom is -0.340 e. The third kappa shape index (κ3) is 3.34. The maximum Gasteiger partial charge on any atom is 0.345 e. The largest absolute Gasteiger partial charge is 0.345 e. The van der Waals surface area contributed by atoms with Crippen LogP contribution in [0.4, 0.5) is 0 Å². The molecule has 7 heteroatoms. The molecular weight excluding hydrogens is 312 g/mol. The lowest BCUT2D eigenvalue weighted by Crippen LogP contribution is -2.34. The van der Waals surface area contributed by atoms with E-state index in [0.29, 0.717) is 12.2 Å². The average molecular weight is 332 g/mol. The van der Waals surface area contributed by atoms with E-state index in [9.17, 15) is 9.59 Å². The van der Waals surface area contributed by atoms with E-state index in [1.165, 1.54) is 4.88 Å². The maximum atomic E-state index is 12.5. The summed E-state index contributed by atoms with van der Waals surface area (Å²) in [4.78, 5) is 38.0. The van der Waals surface area contributed by atoms with Gasteiger partial charge in [-0.15, -0.1) is 11.3 Å². The van der Waals surface area contributed by atoms with E-state index in [4.69, 9.17) is 0 Å². The molecule has 3 rings (SSSR count). The van der Waals surface area contributed by atoms with Crippen LogP contribution in [0.3, 0.4) is 0 Å². The van der Waals surface area contributed by atoms with E-state index < -0.39 is 5.69 Å². The van der Waals surface area contributed by atoms with Gasteiger partial charge in [0.05, 0.1) is 10.7 Å². The molecule has 0 fully saturated rings. The molecule has 1 amide bonds. The molecule has 0 saturated carbocycles. The van der Waals surface area contributed by atoms with Gasteiger partial charge in [0.2, 0.25) is 0 Å². The second-order valence-corrected chi connectivity index (χ2v) is 7.36. The van der Waals surface area contributed by atoms with Gasteiger partial charge < -0.3 is 9.88 Å². The Morgan fingerprint density at radius 2 is 2.22 bits per heavy atom. The van der Waals surface area contributed by atoms with Crippen LogP contribution in [-0.2, 0) is 6.42 Å². The number of rotatable bonds is 3. The number of likely N-dealkylation sites (N-methyl/N-ethyl adjacent to an activating group) is 1. The van der Waals surface area contributed by atoms with Crippen LogP contribution in [-0.4, -0.2) is 39.4 Å². The van der Waals surface area contributed by atoms with Crippen molar-refractivity contribution in [1.82, 2.24) is 19.9 Å². The normalized spacial score (nSPS) is 16.9. The number of nitrogens with one attached hydrogen (secondary N) is 1. The van der Waals surface area contributed by atoms with Crippen LogP contribution < -0.4 is 5.69 Å². The van der Waals surface area contributed by atoms with Crippen molar-refractivity contribution in [3.8, 4) is 0 Å². The monoisotopic (exact) mass is 332 g/mol. The number of amides is 1. The minimum absolute atomic E-state index is 0.194. The number of carbonyl (C=O) groups is 1. The summed E-state index contributed by atoms with van der Waals surface area (Å²) in [7, 11) is 1.76. The summed E-state index contributed by atoms with van der Waals surface area (Å²) in [5.74, 6) is 0.0408. The summed E-state index contributed by atoms with van der Waals surface area (Å²) >= 11 is 1.76. The van der Waals surface area contributed by atoms with Crippen LogP contribution in [0.5, 0.6) is 0 Å². The zero-order valence-corrected chi connectivity index (χ0v) is 14.4. The molecule has 2 aromatic rings. The number of aromatic amines is 1. The number of fused-ring (bicyclic) bond motifs is 1. The molecule has 0 unspecified atom stereocenters. The molecule has 2 heterocycles. The Kier molecular flexibility index (Phi) is 4.30. The molecule has 0 bridgehead atoms. The molecule has 23 heavy (non-hydrogen) atoms. The van der Waals surface area contributed by atoms with Crippen molar-refractivity contribution in [3.63, 3.8) is 0 Å². The van der Waals surface area contributed by atoms with Gasteiger partial charge in [0.1, 0.15) is 5.69 Å². The fraction of sp³-hybridized carbons (Fsp3) is 0.500. The Morgan fingerprint density at radius 3 is 2.96 bits per heavy atom. The molecule has 0 aliphatic heterocycles. The Bertz CT molecular complexity index is 796. The molecule has 6 nitrogen and oxygen atoms in total. The minimum atomic E-state index is -0.489. The van der Waals surface area contributed by atoms with Crippen LogP contribution in [0, 0.1) is 13.8 Å². The van der Waals surface area contributed by atoms with E-state index in [-0.39, 0.29) is 17.5 Å². The zero-order valence-electron chi connectivity index (χ0n) is 13.5. The third-order valence-electron chi connectivity index (χ3n) is 4.12. The number of nitrogens with zero attached hydrogens (tertiary/aromatic N) is 3. The fourth-order valence-corrected chi connectivity index (χ4v) is 4.17. The summed E-state index contributed by atoms with van der Waals surface area (Å²) < 4.78 is 0. The summed E-state index contributed by atoms with van der Waals surface area (Å²) in [5.41, 5.74) is 1.49. The molecule has 1 aliphatic carbocycles. The highest BCUT2D eigenvalue weighted by Gasteiger charge is 2.27. The first-order valence-electron chi connectivity index (χ1n) is 7.73. The standard InChI is InChI=1S/C16H20N4O2S/c1-9-7-12(19-16(22)17-9)15(21)20(3)8-11-5-4-6-13-14(11)18-10(2)23-13/h7,11H,4-6,8H2,1-3H3,(H,17,19,22)/t11-/m0/s1. The fourth-order valence-electron chi connectivity index (χ4n) is 3.10. The smallest absolute Gasteiger partial charge is 0.340 e. The molecule has 0 radical (unpaired) electrons. The van der Waals surface area contributed by atoms with Gasteiger partial charge in [-0.25, -0.2) is 9.78 Å². The topological polar surface area (TPSA) is 79.0 Å². The van der Waals surface area contributed by atoms with Gasteiger partial charge in [-0.1, -0.05) is 0 Å². The number of hydrogen-bond donors (Lipinski definition) is 1. The van der Waals surface area contributed by atoms with Crippen molar-refractivity contribution in [1.29, 1.82) is 0 Å². The van der Waals surface area contributed by atoms with Gasteiger partial charge in [0.15, 0.2) is 0 Å². The van der Waals surface area contributed by atoms with Crippen molar-refractivity contribution in [3.05, 3.63) is 43.5 Å². The molecule has 1 atom stereocenters. The van der Waals surface area contributed by atoms with Crippen LogP contribution in [0.1, 0.15) is 50.5 Å². The molecular formula is C16H20N4O2S. The molecule has 1 N–H and O–H groups in total. The summed E-state index contributed by atoms with van der Waals surface area (Å²) in [6, 6.07) is 1.61. The lowest BCUT2D eigenvalue weighted by molar-refractivity contribution is 0.0776. The quantitative estimate of drug-likeness (QED) is 0.933. The van der Waals surface area contributed by atoms with E-state index >= 15 is 0 Å². The van der Waals surface area contributed by atoms with E-state index in [0.717, 1.165) is 30.0 Å². The second-order valence-electron chi connectivity index (χ2n) is 6.07. The Labute approximate surface area is 138 Å². The van der Waals surface area contributed by atoms with Gasteiger partial charge in [0.25, 0.3) is 5.91 Å². The van der Waals surface area contributed by atoms with Crippen molar-refractivity contribution >= 4 is 17.2 Å². The lowest BCUT2D eigenvalue weighted by Gasteiger charge is -2.26. The number of aryl methyl sites for hydroxylation is 3. The van der Waals surface area contributed by atoms with Crippen molar-refractivity contribution in [2.75, 3.05) is 13.6 Å². The van der Waals surface area contributed by atoms with Crippen molar-refractivity contribution < 1.29 is 4.79 Å². The van der Waals surface area contributed by atoms with Crippen LogP contribution in [0.25, 0.3) is 0 Å². The van der Waals surface area contributed by atoms with Crippen molar-refractivity contribution in [2.45, 2.75) is 39.0 Å². The van der Waals surface area contributed by atoms with E-state index in [2.05, 4.69) is 15.0 Å². The second kappa shape index (κ2) is 6.23. The summed E-state index contributed by atoms with van der Waals surface area (Å²) in [6.07, 6.45) is 3.25. The lowest BCUT2D eigenvalue weighted by atomic mass is 9.90. The molecule has 1 aliphatic rings. The first-order valence-corrected chi connectivity index (χ1v) is 8.55. The van der Waals surface area contributed by atoms with E-state index in [1.54, 1.807) is 36.3 Å². The van der Waals surface area contributed by atoms with Crippen molar-refractivity contribution in [2.24, 2.45) is 0 Å². The number of carbonyl (C=O) groups excluding carboxylic acids is 1.